The second-order valence-electron chi connectivity index (χ2n) is 15.1. The van der Waals surface area contributed by atoms with Crippen LogP contribution in [0.5, 0.6) is 0 Å². The van der Waals surface area contributed by atoms with Crippen molar-refractivity contribution in [3.05, 3.63) is 182 Å². The number of carbonyl (C=O) groups is 1. The number of hydrogen-bond donors (Lipinski definition) is 2. The molecule has 0 aliphatic rings. The van der Waals surface area contributed by atoms with Gasteiger partial charge in [0.05, 0.1) is 0 Å². The van der Waals surface area contributed by atoms with Crippen LogP contribution in [0.1, 0.15) is 51.4 Å². The maximum atomic E-state index is 13.7. The molecule has 0 aliphatic carbocycles. The molecule has 4 N–H and O–H groups in total. The second kappa shape index (κ2) is 21.6. The van der Waals surface area contributed by atoms with E-state index in [2.05, 4.69) is 106 Å². The zero-order valence-corrected chi connectivity index (χ0v) is 37.6. The Hall–Kier alpha value is -4.16. The summed E-state index contributed by atoms with van der Waals surface area (Å²) in [7, 11) is 0. The topological polar surface area (TPSA) is 78.3 Å². The summed E-state index contributed by atoms with van der Waals surface area (Å²) in [6.45, 7) is -2.99. The first-order valence-corrected chi connectivity index (χ1v) is 27.6. The van der Waals surface area contributed by atoms with E-state index >= 15 is 0 Å². The van der Waals surface area contributed by atoms with E-state index in [4.69, 9.17) is 16.0 Å². The first-order valence-electron chi connectivity index (χ1n) is 20.8. The van der Waals surface area contributed by atoms with Gasteiger partial charge in [0.25, 0.3) is 0 Å². The molecule has 0 aliphatic heterocycles. The minimum atomic E-state index is -5.12. The fourth-order valence-corrected chi connectivity index (χ4v) is 21.9. The van der Waals surface area contributed by atoms with Gasteiger partial charge in [-0.1, -0.05) is 0 Å². The van der Waals surface area contributed by atoms with Crippen LogP contribution >= 0.6 is 27.6 Å². The number of nitrogens with two attached hydrogens (primary N) is 2. The number of carbonyl (C=O) groups excluding carboxylic acids is 1. The molecular weight excluding hydrogens is 859 g/mol. The van der Waals surface area contributed by atoms with Gasteiger partial charge in [0.15, 0.2) is 0 Å². The van der Waals surface area contributed by atoms with E-state index in [1.54, 1.807) is 91.0 Å². The molecular formula is C50H58BrF3N2O2P2. The number of unbranched alkanes of at least 4 members (excludes halogenated alkanes) is 6. The molecule has 0 atom stereocenters. The van der Waals surface area contributed by atoms with E-state index in [1.807, 2.05) is 0 Å². The van der Waals surface area contributed by atoms with Crippen LogP contribution in [0.3, 0.4) is 0 Å². The standard InChI is InChI=1S/C26H29F3NO2P.C24H29BrNP/c27-26(28,29)25(31)32-33(21-13-2-1-12-20-30,22-14-6-3-7-15-22,23-16-8-4-9-17-23)24-18-10-5-11-19-24;25-27(21-13-2-1-12-20-26,22-14-6-3-7-15-22,23-16-8-4-9-17-23)24-18-10-5-11-19-24/h3-11,14-19H,1-2,12-13,20-21,30H2;3-11,14-19H,1-2,12-13,20-21,26H2. The van der Waals surface area contributed by atoms with Crippen LogP contribution in [0.4, 0.5) is 13.2 Å². The molecule has 4 nitrogen and oxygen atoms in total. The van der Waals surface area contributed by atoms with Gasteiger partial charge in [0.2, 0.25) is 0 Å². The fourth-order valence-electron chi connectivity index (χ4n) is 8.37. The molecule has 0 unspecified atom stereocenters. The van der Waals surface area contributed by atoms with Gasteiger partial charge in [0.1, 0.15) is 0 Å². The van der Waals surface area contributed by atoms with Gasteiger partial charge in [0, 0.05) is 0 Å². The Morgan fingerprint density at radius 2 is 0.700 bits per heavy atom. The molecule has 0 aromatic heterocycles. The van der Waals surface area contributed by atoms with Crippen LogP contribution in [0.25, 0.3) is 0 Å². The van der Waals surface area contributed by atoms with Crippen molar-refractivity contribution in [3.63, 3.8) is 0 Å². The molecule has 0 saturated carbocycles. The van der Waals surface area contributed by atoms with Gasteiger partial charge in [-0.15, -0.1) is 0 Å². The molecule has 0 saturated heterocycles. The number of hydrogen-bond acceptors (Lipinski definition) is 4. The van der Waals surface area contributed by atoms with Crippen molar-refractivity contribution in [2.24, 2.45) is 11.5 Å². The minimum absolute atomic E-state index is 0.274. The summed E-state index contributed by atoms with van der Waals surface area (Å²) in [6.07, 6.45) is 4.02. The van der Waals surface area contributed by atoms with Crippen LogP contribution in [0.15, 0.2) is 182 Å². The van der Waals surface area contributed by atoms with E-state index in [9.17, 15) is 18.0 Å². The predicted molar refractivity (Wildman–Crippen MR) is 256 cm³/mol. The summed E-state index contributed by atoms with van der Waals surface area (Å²) in [5.41, 5.74) is 11.3. The van der Waals surface area contributed by atoms with Crippen LogP contribution in [-0.2, 0) is 9.32 Å². The number of rotatable bonds is 19. The molecule has 10 heteroatoms. The van der Waals surface area contributed by atoms with Crippen molar-refractivity contribution in [1.82, 2.24) is 0 Å². The van der Waals surface area contributed by atoms with E-state index in [1.165, 1.54) is 35.2 Å². The van der Waals surface area contributed by atoms with Crippen molar-refractivity contribution in [3.8, 4) is 0 Å². The van der Waals surface area contributed by atoms with Gasteiger partial charge in [-0.05, 0) is 0 Å². The molecule has 318 valence electrons. The van der Waals surface area contributed by atoms with E-state index in [0.29, 0.717) is 28.9 Å². The summed E-state index contributed by atoms with van der Waals surface area (Å²) in [4.78, 5) is 12.6. The van der Waals surface area contributed by atoms with Crippen LogP contribution in [0.2, 0.25) is 0 Å². The SMILES string of the molecule is NCCCCCCP(Br)(c1ccccc1)(c1ccccc1)c1ccccc1.NCCCCCCP(OC(=O)C(F)(F)F)(c1ccccc1)(c1ccccc1)c1ccccc1. The summed E-state index contributed by atoms with van der Waals surface area (Å²) >= 11 is 4.49. The Bertz CT molecular complexity index is 1970. The van der Waals surface area contributed by atoms with Crippen molar-refractivity contribution in [1.29, 1.82) is 0 Å². The average molecular weight is 918 g/mol. The predicted octanol–water partition coefficient (Wildman–Crippen LogP) is 10.4. The summed E-state index contributed by atoms with van der Waals surface area (Å²) in [5, 5.41) is 3.28. The molecule has 0 heterocycles. The average Bonchev–Trinajstić information content (AvgIpc) is 3.30. The van der Waals surface area contributed by atoms with Crippen molar-refractivity contribution in [2.75, 3.05) is 25.4 Å². The molecule has 0 bridgehead atoms. The number of benzene rings is 6. The van der Waals surface area contributed by atoms with Crippen molar-refractivity contribution >= 4 is 65.4 Å². The zero-order chi connectivity index (χ0) is 42.8. The Kier molecular flexibility index (Phi) is 16.9. The maximum absolute atomic E-state index is 13.7. The quantitative estimate of drug-likeness (QED) is 0.0627. The molecule has 0 spiro atoms. The van der Waals surface area contributed by atoms with Gasteiger partial charge < -0.3 is 0 Å². The van der Waals surface area contributed by atoms with Gasteiger partial charge in [-0.25, -0.2) is 0 Å². The van der Waals surface area contributed by atoms with E-state index in [0.717, 1.165) is 38.4 Å². The first kappa shape index (κ1) is 46.9. The van der Waals surface area contributed by atoms with Gasteiger partial charge >= 0.3 is 364 Å². The summed E-state index contributed by atoms with van der Waals surface area (Å²) < 4.78 is 47.1. The Morgan fingerprint density at radius 3 is 0.983 bits per heavy atom. The normalized spacial score (nSPS) is 13.1. The third-order valence-electron chi connectivity index (χ3n) is 11.4. The third kappa shape index (κ3) is 10.1. The number of alkyl halides is 3. The van der Waals surface area contributed by atoms with Crippen LogP contribution < -0.4 is 43.3 Å². The zero-order valence-electron chi connectivity index (χ0n) is 34.2. The van der Waals surface area contributed by atoms with Gasteiger partial charge in [-0.3, -0.25) is 0 Å². The van der Waals surface area contributed by atoms with Crippen molar-refractivity contribution in [2.45, 2.75) is 57.5 Å². The van der Waals surface area contributed by atoms with E-state index < -0.39 is 24.3 Å². The molecule has 6 aromatic rings. The molecule has 0 fully saturated rings. The molecule has 0 radical (unpaired) electrons. The van der Waals surface area contributed by atoms with E-state index in [-0.39, 0.29) is 6.16 Å². The number of halogens is 4. The molecule has 6 aromatic carbocycles. The Morgan fingerprint density at radius 1 is 0.433 bits per heavy atom. The first-order chi connectivity index (χ1) is 29.0. The van der Waals surface area contributed by atoms with Crippen LogP contribution in [0, 0.1) is 0 Å². The molecule has 0 amide bonds. The summed E-state index contributed by atoms with van der Waals surface area (Å²) in [6, 6.07) is 59.8. The Balaban J connectivity index is 0.000000232. The fraction of sp³-hybridized carbons (Fsp3) is 0.260. The third-order valence-corrected chi connectivity index (χ3v) is 27.3. The van der Waals surface area contributed by atoms with Crippen molar-refractivity contribution < 1.29 is 22.5 Å². The monoisotopic (exact) mass is 916 g/mol. The van der Waals surface area contributed by atoms with Gasteiger partial charge in [-0.2, -0.15) is 0 Å². The molecule has 6 rings (SSSR count). The summed E-state index contributed by atoms with van der Waals surface area (Å²) in [5.74, 6) is -2.17. The Labute approximate surface area is 362 Å². The second-order valence-corrected chi connectivity index (χ2v) is 28.8. The van der Waals surface area contributed by atoms with Crippen LogP contribution in [-0.4, -0.2) is 37.6 Å². The molecule has 60 heavy (non-hydrogen) atoms.